The number of aromatic nitrogens is 2. The number of halogens is 2. The van der Waals surface area contributed by atoms with Gasteiger partial charge in [-0.3, -0.25) is 9.69 Å². The number of likely N-dealkylation sites (tertiary alicyclic amines) is 1. The topological polar surface area (TPSA) is 50.6 Å². The molecule has 6 nitrogen and oxygen atoms in total. The van der Waals surface area contributed by atoms with Gasteiger partial charge in [0.2, 0.25) is 0 Å². The molecule has 0 N–H and O–H groups in total. The van der Waals surface area contributed by atoms with E-state index >= 15 is 0 Å². The number of rotatable bonds is 4. The maximum Gasteiger partial charge on any atom is 0.274 e. The molecule has 0 saturated carbocycles. The lowest BCUT2D eigenvalue weighted by Gasteiger charge is -2.32. The molecule has 0 aliphatic carbocycles. The fraction of sp³-hybridized carbons (Fsp3) is 0.407. The Morgan fingerprint density at radius 3 is 2.75 bits per heavy atom. The van der Waals surface area contributed by atoms with Crippen molar-refractivity contribution in [3.8, 4) is 16.9 Å². The highest BCUT2D eigenvalue weighted by Gasteiger charge is 2.35. The number of carbonyl (C=O) groups is 1. The van der Waals surface area contributed by atoms with Gasteiger partial charge in [-0.2, -0.15) is 5.10 Å². The van der Waals surface area contributed by atoms with Gasteiger partial charge in [-0.25, -0.2) is 13.5 Å². The highest BCUT2D eigenvalue weighted by Crippen LogP contribution is 2.44. The molecule has 0 bridgehead atoms. The third kappa shape index (κ3) is 4.55. The van der Waals surface area contributed by atoms with E-state index in [4.69, 9.17) is 9.84 Å². The number of morpholine rings is 1. The number of hydrogen-bond acceptors (Lipinski definition) is 5. The highest BCUT2D eigenvalue weighted by molar-refractivity contribution is 7.98. The number of thioether (sulfide) groups is 1. The molecule has 3 aliphatic heterocycles. The first-order valence-electron chi connectivity index (χ1n) is 12.4. The summed E-state index contributed by atoms with van der Waals surface area (Å²) in [5, 5.41) is 4.88. The van der Waals surface area contributed by atoms with Crippen molar-refractivity contribution in [3.63, 3.8) is 0 Å². The summed E-state index contributed by atoms with van der Waals surface area (Å²) in [6.45, 7) is 3.09. The lowest BCUT2D eigenvalue weighted by molar-refractivity contribution is -0.0661. The van der Waals surface area contributed by atoms with Gasteiger partial charge in [-0.1, -0.05) is 30.3 Å². The predicted octanol–water partition coefficient (Wildman–Crippen LogP) is 4.85. The summed E-state index contributed by atoms with van der Waals surface area (Å²) < 4.78 is 35.2. The Labute approximate surface area is 213 Å². The summed E-state index contributed by atoms with van der Waals surface area (Å²) in [4.78, 5) is 18.3. The van der Waals surface area contributed by atoms with Gasteiger partial charge in [0.25, 0.3) is 11.8 Å². The van der Waals surface area contributed by atoms with Gasteiger partial charge in [-0.05, 0) is 36.7 Å². The zero-order valence-corrected chi connectivity index (χ0v) is 20.8. The third-order valence-corrected chi connectivity index (χ3v) is 8.13. The van der Waals surface area contributed by atoms with Crippen molar-refractivity contribution >= 4 is 17.7 Å². The second-order valence-corrected chi connectivity index (χ2v) is 10.6. The van der Waals surface area contributed by atoms with Crippen LogP contribution >= 0.6 is 11.8 Å². The van der Waals surface area contributed by atoms with Crippen molar-refractivity contribution in [1.82, 2.24) is 19.6 Å². The lowest BCUT2D eigenvalue weighted by Crippen LogP contribution is -2.42. The van der Waals surface area contributed by atoms with Crippen LogP contribution in [0, 0.1) is 0 Å². The first kappa shape index (κ1) is 23.6. The zero-order chi connectivity index (χ0) is 24.7. The van der Waals surface area contributed by atoms with Crippen molar-refractivity contribution in [1.29, 1.82) is 0 Å². The van der Waals surface area contributed by atoms with Gasteiger partial charge < -0.3 is 9.64 Å². The average Bonchev–Trinajstić information content (AvgIpc) is 3.29. The number of amides is 1. The Balaban J connectivity index is 1.39. The first-order chi connectivity index (χ1) is 17.5. The fourth-order valence-corrected chi connectivity index (χ4v) is 6.37. The molecule has 0 atom stereocenters. The third-order valence-electron chi connectivity index (χ3n) is 7.03. The van der Waals surface area contributed by atoms with E-state index in [1.54, 1.807) is 11.8 Å². The molecule has 4 heterocycles. The average molecular weight is 511 g/mol. The largest absolute Gasteiger partial charge is 0.378 e. The molecule has 2 saturated heterocycles. The van der Waals surface area contributed by atoms with Crippen LogP contribution < -0.4 is 0 Å². The minimum atomic E-state index is -2.63. The summed E-state index contributed by atoms with van der Waals surface area (Å²) in [6, 6.07) is 16.1. The number of hydrogen-bond donors (Lipinski definition) is 0. The van der Waals surface area contributed by atoms with Crippen LogP contribution in [0.2, 0.25) is 0 Å². The van der Waals surface area contributed by atoms with Gasteiger partial charge in [-0.15, -0.1) is 11.8 Å². The smallest absolute Gasteiger partial charge is 0.274 e. The Morgan fingerprint density at radius 2 is 1.92 bits per heavy atom. The van der Waals surface area contributed by atoms with Crippen molar-refractivity contribution in [2.24, 2.45) is 0 Å². The van der Waals surface area contributed by atoms with E-state index in [1.165, 1.54) is 0 Å². The summed E-state index contributed by atoms with van der Waals surface area (Å²) in [5.74, 6) is -2.03. The van der Waals surface area contributed by atoms with Crippen molar-refractivity contribution in [2.45, 2.75) is 36.0 Å². The number of fused-ring (bicyclic) bond motifs is 3. The standard InChI is InChI=1S/C27H28F2N4O2S/c28-27(29)9-4-10-31(18-27)16-19-5-3-6-20(15-19)33-25-21-7-1-2-8-23(21)36-17-22(25)24(30-33)26(34)32-11-13-35-14-12-32/h1-3,5-8,15H,4,9-14,16-18H2. The first-order valence-corrected chi connectivity index (χ1v) is 13.4. The van der Waals surface area contributed by atoms with E-state index in [9.17, 15) is 13.6 Å². The number of piperidine rings is 1. The molecule has 1 amide bonds. The Kier molecular flexibility index (Phi) is 6.31. The maximum absolute atomic E-state index is 14.0. The van der Waals surface area contributed by atoms with Gasteiger partial charge in [0.1, 0.15) is 0 Å². The van der Waals surface area contributed by atoms with Crippen molar-refractivity contribution in [3.05, 3.63) is 65.4 Å². The Bertz CT molecular complexity index is 1290. The van der Waals surface area contributed by atoms with E-state index in [0.717, 1.165) is 33.0 Å². The van der Waals surface area contributed by atoms with Crippen LogP contribution in [0.1, 0.15) is 34.5 Å². The number of alkyl halides is 2. The van der Waals surface area contributed by atoms with E-state index in [-0.39, 0.29) is 18.9 Å². The van der Waals surface area contributed by atoms with E-state index in [0.29, 0.717) is 57.3 Å². The molecule has 2 fully saturated rings. The molecule has 0 radical (unpaired) electrons. The van der Waals surface area contributed by atoms with E-state index in [2.05, 4.69) is 12.1 Å². The molecule has 3 aromatic rings. The van der Waals surface area contributed by atoms with Crippen LogP contribution in [0.5, 0.6) is 0 Å². The number of ether oxygens (including phenoxy) is 1. The molecule has 2 aromatic carbocycles. The second-order valence-electron chi connectivity index (χ2n) is 9.62. The fourth-order valence-electron chi connectivity index (χ4n) is 5.30. The van der Waals surface area contributed by atoms with Crippen molar-refractivity contribution in [2.75, 3.05) is 39.4 Å². The normalized spacial score (nSPS) is 19.6. The lowest BCUT2D eigenvalue weighted by atomic mass is 10.0. The van der Waals surface area contributed by atoms with Crippen LogP contribution in [0.3, 0.4) is 0 Å². The molecule has 3 aliphatic rings. The quantitative estimate of drug-likeness (QED) is 0.502. The van der Waals surface area contributed by atoms with Crippen molar-refractivity contribution < 1.29 is 18.3 Å². The molecule has 9 heteroatoms. The SMILES string of the molecule is O=C(c1nn(-c2cccc(CN3CCCC(F)(F)C3)c2)c2c1CSc1ccccc1-2)N1CCOCC1. The zero-order valence-electron chi connectivity index (χ0n) is 20.0. The highest BCUT2D eigenvalue weighted by atomic mass is 32.2. The molecular formula is C27H28F2N4O2S. The summed E-state index contributed by atoms with van der Waals surface area (Å²) in [5.41, 5.74) is 5.19. The molecule has 1 aromatic heterocycles. The van der Waals surface area contributed by atoms with Gasteiger partial charge in [0.05, 0.1) is 31.1 Å². The molecule has 0 spiro atoms. The minimum absolute atomic E-state index is 0.0413. The van der Waals surface area contributed by atoms with Crippen LogP contribution in [-0.2, 0) is 17.0 Å². The summed E-state index contributed by atoms with van der Waals surface area (Å²) >= 11 is 1.72. The van der Waals surface area contributed by atoms with Gasteiger partial charge in [0.15, 0.2) is 5.69 Å². The molecular weight excluding hydrogens is 482 g/mol. The van der Waals surface area contributed by atoms with E-state index in [1.807, 2.05) is 50.9 Å². The van der Waals surface area contributed by atoms with Gasteiger partial charge >= 0.3 is 0 Å². The van der Waals surface area contributed by atoms with E-state index < -0.39 is 5.92 Å². The Morgan fingerprint density at radius 1 is 1.08 bits per heavy atom. The molecule has 0 unspecified atom stereocenters. The predicted molar refractivity (Wildman–Crippen MR) is 135 cm³/mol. The van der Waals surface area contributed by atoms with Crippen LogP contribution in [0.4, 0.5) is 8.78 Å². The number of carbonyl (C=O) groups excluding carboxylic acids is 1. The molecule has 6 rings (SSSR count). The summed E-state index contributed by atoms with van der Waals surface area (Å²) in [6.07, 6.45) is 0.459. The summed E-state index contributed by atoms with van der Waals surface area (Å²) in [7, 11) is 0. The molecule has 36 heavy (non-hydrogen) atoms. The minimum Gasteiger partial charge on any atom is -0.378 e. The van der Waals surface area contributed by atoms with Crippen LogP contribution in [0.15, 0.2) is 53.4 Å². The second kappa shape index (κ2) is 9.61. The monoisotopic (exact) mass is 510 g/mol. The molecule has 188 valence electrons. The number of nitrogens with zero attached hydrogens (tertiary/aromatic N) is 4. The van der Waals surface area contributed by atoms with Crippen LogP contribution in [-0.4, -0.2) is 70.8 Å². The van der Waals surface area contributed by atoms with Gasteiger partial charge in [0, 0.05) is 47.8 Å². The van der Waals surface area contributed by atoms with Crippen LogP contribution in [0.25, 0.3) is 16.9 Å². The maximum atomic E-state index is 14.0. The Hall–Kier alpha value is -2.75. The number of benzene rings is 2.